The van der Waals surface area contributed by atoms with Crippen LogP contribution in [0.25, 0.3) is 0 Å². The highest BCUT2D eigenvalue weighted by Gasteiger charge is 2.40. The zero-order chi connectivity index (χ0) is 19.1. The van der Waals surface area contributed by atoms with Crippen molar-refractivity contribution in [1.82, 2.24) is 15.5 Å². The minimum absolute atomic E-state index is 0. The number of carbonyl (C=O) groups excluding carboxylic acids is 1. The van der Waals surface area contributed by atoms with Gasteiger partial charge in [0.25, 0.3) is 0 Å². The number of guanidine groups is 1. The van der Waals surface area contributed by atoms with E-state index in [4.69, 9.17) is 9.47 Å². The maximum atomic E-state index is 12.0. The minimum Gasteiger partial charge on any atom is -0.376 e. The molecule has 1 amide bonds. The van der Waals surface area contributed by atoms with Crippen LogP contribution < -0.4 is 10.6 Å². The molecule has 1 spiro atoms. The van der Waals surface area contributed by atoms with Crippen molar-refractivity contribution >= 4 is 35.8 Å². The molecule has 0 aromatic heterocycles. The summed E-state index contributed by atoms with van der Waals surface area (Å²) >= 11 is 0. The van der Waals surface area contributed by atoms with Gasteiger partial charge in [-0.05, 0) is 44.9 Å². The van der Waals surface area contributed by atoms with Crippen LogP contribution in [0.1, 0.15) is 57.8 Å². The highest BCUT2D eigenvalue weighted by molar-refractivity contribution is 14.0. The van der Waals surface area contributed by atoms with Gasteiger partial charge in [-0.15, -0.1) is 24.0 Å². The van der Waals surface area contributed by atoms with Crippen molar-refractivity contribution < 1.29 is 14.3 Å². The summed E-state index contributed by atoms with van der Waals surface area (Å²) < 4.78 is 12.0. The summed E-state index contributed by atoms with van der Waals surface area (Å²) in [6.07, 6.45) is 10.5. The number of hydrogen-bond acceptors (Lipinski definition) is 4. The fourth-order valence-electron chi connectivity index (χ4n) is 4.33. The Labute approximate surface area is 186 Å². The number of amides is 1. The molecule has 1 saturated carbocycles. The third kappa shape index (κ3) is 7.02. The standard InChI is InChI=1S/C20H36N4O3.HI/c1-24(2)18(25)15-22-19(21-14-17-7-3-6-11-26-17)23-16-8-12-27-20(13-16)9-4-5-10-20;/h16-17H,3-15H2,1-2H3,(H2,21,22,23);1H. The van der Waals surface area contributed by atoms with Crippen LogP contribution in [0, 0.1) is 0 Å². The van der Waals surface area contributed by atoms with E-state index < -0.39 is 0 Å². The zero-order valence-electron chi connectivity index (χ0n) is 17.4. The number of hydrogen-bond donors (Lipinski definition) is 2. The Bertz CT molecular complexity index is 518. The predicted molar refractivity (Wildman–Crippen MR) is 121 cm³/mol. The summed E-state index contributed by atoms with van der Waals surface area (Å²) in [6, 6.07) is 0.338. The van der Waals surface area contributed by atoms with E-state index in [9.17, 15) is 4.79 Å². The average Bonchev–Trinajstić information content (AvgIpc) is 3.11. The first kappa shape index (κ1) is 23.7. The van der Waals surface area contributed by atoms with Crippen LogP contribution in [0.5, 0.6) is 0 Å². The molecule has 1 aliphatic carbocycles. The van der Waals surface area contributed by atoms with E-state index in [1.54, 1.807) is 19.0 Å². The molecule has 2 atom stereocenters. The maximum absolute atomic E-state index is 12.0. The first-order valence-electron chi connectivity index (χ1n) is 10.6. The molecule has 2 unspecified atom stereocenters. The van der Waals surface area contributed by atoms with Crippen LogP contribution in [0.3, 0.4) is 0 Å². The number of likely N-dealkylation sites (N-methyl/N-ethyl adjacent to an activating group) is 1. The summed E-state index contributed by atoms with van der Waals surface area (Å²) in [5.41, 5.74) is 0.0625. The summed E-state index contributed by atoms with van der Waals surface area (Å²) in [5, 5.41) is 6.99. The first-order chi connectivity index (χ1) is 13.1. The number of halogens is 1. The molecule has 2 aliphatic heterocycles. The van der Waals surface area contributed by atoms with E-state index in [2.05, 4.69) is 15.6 Å². The lowest BCUT2D eigenvalue weighted by Crippen LogP contribution is -2.52. The van der Waals surface area contributed by atoms with E-state index in [1.165, 1.54) is 32.1 Å². The normalized spacial score (nSPS) is 27.1. The molecule has 0 radical (unpaired) electrons. The molecular formula is C20H37IN4O3. The smallest absolute Gasteiger partial charge is 0.243 e. The molecule has 0 aromatic carbocycles. The fourth-order valence-corrected chi connectivity index (χ4v) is 4.33. The van der Waals surface area contributed by atoms with E-state index >= 15 is 0 Å². The van der Waals surface area contributed by atoms with Crippen LogP contribution in [0.4, 0.5) is 0 Å². The number of rotatable bonds is 5. The van der Waals surface area contributed by atoms with Crippen molar-refractivity contribution in [1.29, 1.82) is 0 Å². The van der Waals surface area contributed by atoms with Crippen LogP contribution in [-0.2, 0) is 14.3 Å². The zero-order valence-corrected chi connectivity index (χ0v) is 19.7. The number of nitrogens with one attached hydrogen (secondary N) is 2. The molecule has 28 heavy (non-hydrogen) atoms. The molecule has 2 heterocycles. The summed E-state index contributed by atoms with van der Waals surface area (Å²) in [7, 11) is 3.52. The largest absolute Gasteiger partial charge is 0.376 e. The topological polar surface area (TPSA) is 75.2 Å². The van der Waals surface area contributed by atoms with Gasteiger partial charge < -0.3 is 25.0 Å². The number of nitrogens with zero attached hydrogens (tertiary/aromatic N) is 2. The third-order valence-electron chi connectivity index (χ3n) is 5.99. The van der Waals surface area contributed by atoms with Gasteiger partial charge in [0.2, 0.25) is 5.91 Å². The molecule has 3 rings (SSSR count). The highest BCUT2D eigenvalue weighted by atomic mass is 127. The van der Waals surface area contributed by atoms with Crippen LogP contribution in [0.2, 0.25) is 0 Å². The summed E-state index contributed by atoms with van der Waals surface area (Å²) in [4.78, 5) is 18.1. The minimum atomic E-state index is 0. The van der Waals surface area contributed by atoms with Crippen molar-refractivity contribution in [2.75, 3.05) is 40.4 Å². The Morgan fingerprint density at radius 1 is 1.14 bits per heavy atom. The Morgan fingerprint density at radius 2 is 1.93 bits per heavy atom. The molecule has 8 heteroatoms. The van der Waals surface area contributed by atoms with Gasteiger partial charge in [-0.3, -0.25) is 4.79 Å². The van der Waals surface area contributed by atoms with Crippen molar-refractivity contribution in [2.45, 2.75) is 75.5 Å². The van der Waals surface area contributed by atoms with Crippen molar-refractivity contribution in [3.8, 4) is 0 Å². The lowest BCUT2D eigenvalue weighted by Gasteiger charge is -2.39. The van der Waals surface area contributed by atoms with Crippen LogP contribution in [-0.4, -0.2) is 74.9 Å². The molecule has 2 N–H and O–H groups in total. The second-order valence-electron chi connectivity index (χ2n) is 8.40. The van der Waals surface area contributed by atoms with E-state index in [1.807, 2.05) is 0 Å². The van der Waals surface area contributed by atoms with Gasteiger partial charge in [0.05, 0.1) is 11.7 Å². The Morgan fingerprint density at radius 3 is 2.61 bits per heavy atom. The molecular weight excluding hydrogens is 471 g/mol. The lowest BCUT2D eigenvalue weighted by molar-refractivity contribution is -0.127. The first-order valence-corrected chi connectivity index (χ1v) is 10.6. The van der Waals surface area contributed by atoms with Gasteiger partial charge in [-0.2, -0.15) is 0 Å². The van der Waals surface area contributed by atoms with E-state index in [0.29, 0.717) is 6.04 Å². The molecule has 162 valence electrons. The van der Waals surface area contributed by atoms with Gasteiger partial charge >= 0.3 is 0 Å². The van der Waals surface area contributed by atoms with Gasteiger partial charge in [0.1, 0.15) is 6.54 Å². The van der Waals surface area contributed by atoms with Crippen LogP contribution in [0.15, 0.2) is 4.99 Å². The van der Waals surface area contributed by atoms with Gasteiger partial charge in [0.15, 0.2) is 5.96 Å². The fraction of sp³-hybridized carbons (Fsp3) is 0.900. The van der Waals surface area contributed by atoms with Gasteiger partial charge in [-0.25, -0.2) is 4.99 Å². The van der Waals surface area contributed by atoms with Crippen molar-refractivity contribution in [2.24, 2.45) is 4.99 Å². The predicted octanol–water partition coefficient (Wildman–Crippen LogP) is 2.29. The SMILES string of the molecule is CN(C)C(=O)CN=C(NCC1CCCCO1)NC1CCOC2(CCCC2)C1.I. The number of ether oxygens (including phenoxy) is 2. The maximum Gasteiger partial charge on any atom is 0.243 e. The van der Waals surface area contributed by atoms with Crippen molar-refractivity contribution in [3.63, 3.8) is 0 Å². The highest BCUT2D eigenvalue weighted by Crippen LogP contribution is 2.39. The molecule has 3 fully saturated rings. The van der Waals surface area contributed by atoms with E-state index in [0.717, 1.165) is 51.4 Å². The summed E-state index contributed by atoms with van der Waals surface area (Å²) in [5.74, 6) is 0.726. The third-order valence-corrected chi connectivity index (χ3v) is 5.99. The molecule has 3 aliphatic rings. The Kier molecular flexibility index (Phi) is 9.76. The summed E-state index contributed by atoms with van der Waals surface area (Å²) in [6.45, 7) is 2.53. The lowest BCUT2D eigenvalue weighted by atomic mass is 9.89. The quantitative estimate of drug-likeness (QED) is 0.339. The second kappa shape index (κ2) is 11.5. The second-order valence-corrected chi connectivity index (χ2v) is 8.40. The molecule has 2 saturated heterocycles. The van der Waals surface area contributed by atoms with E-state index in [-0.39, 0.29) is 48.1 Å². The number of aliphatic imine (C=N–C) groups is 1. The number of carbonyl (C=O) groups is 1. The van der Waals surface area contributed by atoms with Crippen molar-refractivity contribution in [3.05, 3.63) is 0 Å². The molecule has 0 aromatic rings. The Balaban J connectivity index is 0.00000280. The Hall–Kier alpha value is -0.610. The molecule has 0 bridgehead atoms. The van der Waals surface area contributed by atoms with Gasteiger partial charge in [-0.1, -0.05) is 12.8 Å². The average molecular weight is 508 g/mol. The molecule has 7 nitrogen and oxygen atoms in total. The van der Waals surface area contributed by atoms with Crippen LogP contribution >= 0.6 is 24.0 Å². The monoisotopic (exact) mass is 508 g/mol. The van der Waals surface area contributed by atoms with Gasteiger partial charge in [0, 0.05) is 39.9 Å².